The normalized spacial score (nSPS) is 12.0. The molecule has 0 aliphatic carbocycles. The van der Waals surface area contributed by atoms with Crippen LogP contribution in [0.25, 0.3) is 33.3 Å². The molecule has 0 aliphatic rings. The van der Waals surface area contributed by atoms with Crippen molar-refractivity contribution in [1.82, 2.24) is 19.4 Å². The van der Waals surface area contributed by atoms with Gasteiger partial charge < -0.3 is 28.9 Å². The van der Waals surface area contributed by atoms with Crippen LogP contribution in [0.5, 0.6) is 5.75 Å². The van der Waals surface area contributed by atoms with Gasteiger partial charge in [-0.05, 0) is 49.5 Å². The summed E-state index contributed by atoms with van der Waals surface area (Å²) in [7, 11) is 2.26. The van der Waals surface area contributed by atoms with Crippen LogP contribution in [0.3, 0.4) is 0 Å². The average molecular weight is 570 g/mol. The molecule has 0 atom stereocenters. The molecule has 1 amide bonds. The summed E-state index contributed by atoms with van der Waals surface area (Å²) in [6.07, 6.45) is 7.78. The summed E-state index contributed by atoms with van der Waals surface area (Å²) in [5.74, 6) is -0.369. The Kier molecular flexibility index (Phi) is 8.77. The maximum Gasteiger partial charge on any atom is 0.471 e. The predicted molar refractivity (Wildman–Crippen MR) is 149 cm³/mol. The van der Waals surface area contributed by atoms with Crippen LogP contribution in [0.15, 0.2) is 67.1 Å². The van der Waals surface area contributed by atoms with Crippen molar-refractivity contribution in [2.75, 3.05) is 39.7 Å². The molecule has 1 aromatic carbocycles. The first-order valence-corrected chi connectivity index (χ1v) is 13.6. The SMILES string of the molecule is COc1cc(-c2cnc3c(c2)c(-c2ccnc(F)c2)cn3COP(=O)(O)O)cc(N(C)C(=O)/C=C/CN(C)C)c1. The monoisotopic (exact) mass is 569 g/mol. The van der Waals surface area contributed by atoms with E-state index in [2.05, 4.69) is 14.5 Å². The number of ether oxygens (including phenoxy) is 1. The molecule has 13 heteroatoms. The lowest BCUT2D eigenvalue weighted by molar-refractivity contribution is -0.113. The number of anilines is 1. The van der Waals surface area contributed by atoms with E-state index in [-0.39, 0.29) is 5.91 Å². The first-order chi connectivity index (χ1) is 18.9. The minimum absolute atomic E-state index is 0.209. The number of carbonyl (C=O) groups excluding carboxylic acids is 1. The summed E-state index contributed by atoms with van der Waals surface area (Å²) in [5, 5.41) is 0.581. The van der Waals surface area contributed by atoms with Crippen molar-refractivity contribution in [1.29, 1.82) is 0 Å². The van der Waals surface area contributed by atoms with E-state index >= 15 is 0 Å². The zero-order chi connectivity index (χ0) is 29.0. The van der Waals surface area contributed by atoms with Gasteiger partial charge in [0, 0.05) is 72.6 Å². The molecule has 40 heavy (non-hydrogen) atoms. The molecule has 210 valence electrons. The molecule has 0 aliphatic heterocycles. The largest absolute Gasteiger partial charge is 0.497 e. The maximum absolute atomic E-state index is 14.0. The molecule has 4 rings (SSSR count). The zero-order valence-corrected chi connectivity index (χ0v) is 23.2. The van der Waals surface area contributed by atoms with Crippen LogP contribution < -0.4 is 9.64 Å². The Labute approximate surface area is 230 Å². The van der Waals surface area contributed by atoms with Gasteiger partial charge in [0.05, 0.1) is 7.11 Å². The Morgan fingerprint density at radius 3 is 2.55 bits per heavy atom. The molecule has 0 saturated carbocycles. The lowest BCUT2D eigenvalue weighted by Crippen LogP contribution is -2.24. The number of pyridine rings is 2. The smallest absolute Gasteiger partial charge is 0.471 e. The second-order valence-electron chi connectivity index (χ2n) is 9.21. The van der Waals surface area contributed by atoms with Crippen molar-refractivity contribution in [3.8, 4) is 28.0 Å². The third-order valence-corrected chi connectivity index (χ3v) is 6.48. The molecule has 2 N–H and O–H groups in total. The molecular weight excluding hydrogens is 540 g/mol. The van der Waals surface area contributed by atoms with E-state index in [1.165, 1.54) is 34.9 Å². The van der Waals surface area contributed by atoms with Crippen LogP contribution in [0.2, 0.25) is 0 Å². The standard InChI is InChI=1S/C27H29FN5O6P/c1-31(2)9-5-6-26(34)32(3)21-10-19(11-22(14-21)38-4)20-12-23-24(18-7-8-29-25(28)13-18)16-33(27(23)30-15-20)17-39-40(35,36)37/h5-8,10-16H,9,17H2,1-4H3,(H2,35,36,37)/b6-5+. The molecule has 0 unspecified atom stereocenters. The molecule has 0 radical (unpaired) electrons. The fraction of sp³-hybridized carbons (Fsp3) is 0.222. The van der Waals surface area contributed by atoms with Crippen LogP contribution >= 0.6 is 7.82 Å². The highest BCUT2D eigenvalue weighted by molar-refractivity contribution is 7.46. The van der Waals surface area contributed by atoms with Gasteiger partial charge in [0.1, 0.15) is 18.1 Å². The van der Waals surface area contributed by atoms with Crippen LogP contribution in [0.1, 0.15) is 0 Å². The van der Waals surface area contributed by atoms with Crippen molar-refractivity contribution in [2.24, 2.45) is 0 Å². The molecule has 11 nitrogen and oxygen atoms in total. The summed E-state index contributed by atoms with van der Waals surface area (Å²) in [4.78, 5) is 42.7. The molecule has 0 fully saturated rings. The predicted octanol–water partition coefficient (Wildman–Crippen LogP) is 4.06. The van der Waals surface area contributed by atoms with E-state index in [0.717, 1.165) is 0 Å². The Morgan fingerprint density at radius 2 is 1.88 bits per heavy atom. The number of carbonyl (C=O) groups is 1. The fourth-order valence-electron chi connectivity index (χ4n) is 4.03. The van der Waals surface area contributed by atoms with Gasteiger partial charge in [-0.25, -0.2) is 14.5 Å². The Morgan fingerprint density at radius 1 is 1.10 bits per heavy atom. The highest BCUT2D eigenvalue weighted by Gasteiger charge is 2.19. The molecule has 0 saturated heterocycles. The van der Waals surface area contributed by atoms with E-state index < -0.39 is 20.5 Å². The number of likely N-dealkylation sites (N-methyl/N-ethyl adjacent to an activating group) is 2. The number of methoxy groups -OCH3 is 1. The first-order valence-electron chi connectivity index (χ1n) is 12.0. The van der Waals surface area contributed by atoms with Gasteiger partial charge in [-0.15, -0.1) is 0 Å². The number of amides is 1. The van der Waals surface area contributed by atoms with Gasteiger partial charge >= 0.3 is 7.82 Å². The van der Waals surface area contributed by atoms with Crippen molar-refractivity contribution < 1.29 is 32.8 Å². The van der Waals surface area contributed by atoms with Gasteiger partial charge in [-0.3, -0.25) is 9.32 Å². The van der Waals surface area contributed by atoms with Crippen LogP contribution in [0.4, 0.5) is 10.1 Å². The number of aromatic nitrogens is 3. The van der Waals surface area contributed by atoms with Gasteiger partial charge in [0.2, 0.25) is 11.9 Å². The van der Waals surface area contributed by atoms with Gasteiger partial charge in [0.15, 0.2) is 0 Å². The number of benzene rings is 1. The number of nitrogens with zero attached hydrogens (tertiary/aromatic N) is 5. The lowest BCUT2D eigenvalue weighted by atomic mass is 10.0. The number of halogens is 1. The van der Waals surface area contributed by atoms with E-state index in [9.17, 15) is 23.5 Å². The third kappa shape index (κ3) is 6.98. The Balaban J connectivity index is 1.79. The van der Waals surface area contributed by atoms with Crippen molar-refractivity contribution in [3.63, 3.8) is 0 Å². The highest BCUT2D eigenvalue weighted by atomic mass is 31.2. The summed E-state index contributed by atoms with van der Waals surface area (Å²) >= 11 is 0. The fourth-order valence-corrected chi connectivity index (χ4v) is 4.30. The number of phosphoric ester groups is 1. The van der Waals surface area contributed by atoms with E-state index in [1.807, 2.05) is 31.1 Å². The van der Waals surface area contributed by atoms with Gasteiger partial charge in [-0.1, -0.05) is 6.08 Å². The number of hydrogen-bond acceptors (Lipinski definition) is 7. The molecule has 4 aromatic rings. The second-order valence-corrected chi connectivity index (χ2v) is 10.4. The van der Waals surface area contributed by atoms with Crippen molar-refractivity contribution >= 4 is 30.5 Å². The second kappa shape index (κ2) is 12.1. The van der Waals surface area contributed by atoms with Crippen LogP contribution in [-0.4, -0.2) is 69.9 Å². The summed E-state index contributed by atoms with van der Waals surface area (Å²) in [5.41, 5.74) is 3.38. The van der Waals surface area contributed by atoms with Crippen LogP contribution in [0, 0.1) is 5.95 Å². The summed E-state index contributed by atoms with van der Waals surface area (Å²) in [6.45, 7) is 0.148. The maximum atomic E-state index is 14.0. The molecule has 0 bridgehead atoms. The minimum atomic E-state index is -4.75. The molecule has 3 aromatic heterocycles. The lowest BCUT2D eigenvalue weighted by Gasteiger charge is -2.18. The van der Waals surface area contributed by atoms with Gasteiger partial charge in [-0.2, -0.15) is 4.39 Å². The van der Waals surface area contributed by atoms with E-state index in [4.69, 9.17) is 4.74 Å². The number of phosphoric acid groups is 1. The van der Waals surface area contributed by atoms with Crippen molar-refractivity contribution in [3.05, 3.63) is 73.1 Å². The third-order valence-electron chi connectivity index (χ3n) is 6.03. The highest BCUT2D eigenvalue weighted by Crippen LogP contribution is 2.39. The van der Waals surface area contributed by atoms with Gasteiger partial charge in [0.25, 0.3) is 0 Å². The quantitative estimate of drug-likeness (QED) is 0.165. The topological polar surface area (TPSA) is 130 Å². The number of fused-ring (bicyclic) bond motifs is 1. The summed E-state index contributed by atoms with van der Waals surface area (Å²) < 4.78 is 36.9. The van der Waals surface area contributed by atoms with E-state index in [0.29, 0.717) is 51.3 Å². The zero-order valence-electron chi connectivity index (χ0n) is 22.4. The number of rotatable bonds is 10. The Hall–Kier alpha value is -3.93. The van der Waals surface area contributed by atoms with Crippen LogP contribution in [-0.2, 0) is 20.6 Å². The Bertz CT molecular complexity index is 1620. The number of hydrogen-bond donors (Lipinski definition) is 2. The van der Waals surface area contributed by atoms with Crippen molar-refractivity contribution in [2.45, 2.75) is 6.73 Å². The first kappa shape index (κ1) is 29.1. The average Bonchev–Trinajstić information content (AvgIpc) is 3.28. The molecule has 3 heterocycles. The molecule has 0 spiro atoms. The minimum Gasteiger partial charge on any atom is -0.497 e. The molecular formula is C27H29FN5O6P. The van der Waals surface area contributed by atoms with E-state index in [1.54, 1.807) is 43.7 Å². The summed E-state index contributed by atoms with van der Waals surface area (Å²) in [6, 6.07) is 10.1.